The first kappa shape index (κ1) is 24.6. The number of fused-ring (bicyclic) bond motifs is 1. The standard InChI is InChI=1S/C22H31NO8S/c1-22(2)29-17-14-23(15-18(20(17)30-22)31-32(3,26)27)19(24)12-8-5-9-13-28-21(25)16-10-6-4-7-11-16/h4,6-7,10-11,17-18,20H,5,8-9,12-15H2,1-3H3/t17-,18+,20-/m0/s1. The molecule has 0 N–H and O–H groups in total. The number of piperidine rings is 1. The van der Waals surface area contributed by atoms with E-state index < -0.39 is 34.2 Å². The van der Waals surface area contributed by atoms with Crippen LogP contribution in [0.2, 0.25) is 0 Å². The van der Waals surface area contributed by atoms with Crippen molar-refractivity contribution < 1.29 is 36.4 Å². The fraction of sp³-hybridized carbons (Fsp3) is 0.636. The number of amides is 1. The summed E-state index contributed by atoms with van der Waals surface area (Å²) in [5.74, 6) is -1.33. The van der Waals surface area contributed by atoms with Gasteiger partial charge >= 0.3 is 5.97 Å². The molecule has 3 rings (SSSR count). The Kier molecular flexibility index (Phi) is 7.92. The van der Waals surface area contributed by atoms with Crippen molar-refractivity contribution in [3.05, 3.63) is 35.9 Å². The molecule has 0 radical (unpaired) electrons. The van der Waals surface area contributed by atoms with Gasteiger partial charge in [0.25, 0.3) is 10.1 Å². The molecule has 178 valence electrons. The van der Waals surface area contributed by atoms with Gasteiger partial charge < -0.3 is 19.1 Å². The molecule has 0 spiro atoms. The average Bonchev–Trinajstić information content (AvgIpc) is 3.04. The summed E-state index contributed by atoms with van der Waals surface area (Å²) in [5, 5.41) is 0. The largest absolute Gasteiger partial charge is 0.462 e. The van der Waals surface area contributed by atoms with Crippen LogP contribution in [0.4, 0.5) is 0 Å². The molecule has 0 aliphatic carbocycles. The van der Waals surface area contributed by atoms with E-state index in [-0.39, 0.29) is 18.4 Å². The summed E-state index contributed by atoms with van der Waals surface area (Å²) in [5.41, 5.74) is 0.512. The Morgan fingerprint density at radius 2 is 1.81 bits per heavy atom. The molecule has 0 unspecified atom stereocenters. The van der Waals surface area contributed by atoms with Gasteiger partial charge in [-0.1, -0.05) is 18.2 Å². The molecule has 2 saturated heterocycles. The van der Waals surface area contributed by atoms with Crippen molar-refractivity contribution in [1.82, 2.24) is 4.90 Å². The van der Waals surface area contributed by atoms with Crippen LogP contribution in [0.15, 0.2) is 30.3 Å². The Labute approximate surface area is 189 Å². The molecule has 1 aromatic carbocycles. The van der Waals surface area contributed by atoms with Crippen molar-refractivity contribution in [3.8, 4) is 0 Å². The third-order valence-corrected chi connectivity index (χ3v) is 5.91. The fourth-order valence-corrected chi connectivity index (χ4v) is 4.60. The van der Waals surface area contributed by atoms with Crippen molar-refractivity contribution in [1.29, 1.82) is 0 Å². The summed E-state index contributed by atoms with van der Waals surface area (Å²) >= 11 is 0. The van der Waals surface area contributed by atoms with E-state index in [1.807, 2.05) is 6.07 Å². The molecule has 10 heteroatoms. The van der Waals surface area contributed by atoms with Gasteiger partial charge in [0.2, 0.25) is 5.91 Å². The van der Waals surface area contributed by atoms with Crippen LogP contribution in [-0.2, 0) is 33.3 Å². The molecule has 32 heavy (non-hydrogen) atoms. The second kappa shape index (κ2) is 10.3. The van der Waals surface area contributed by atoms with E-state index in [9.17, 15) is 18.0 Å². The van der Waals surface area contributed by atoms with Gasteiger partial charge in [-0.05, 0) is 45.2 Å². The third-order valence-electron chi connectivity index (χ3n) is 5.32. The normalized spacial score (nSPS) is 24.7. The highest BCUT2D eigenvalue weighted by atomic mass is 32.2. The quantitative estimate of drug-likeness (QED) is 0.307. The van der Waals surface area contributed by atoms with Crippen molar-refractivity contribution in [3.63, 3.8) is 0 Å². The van der Waals surface area contributed by atoms with Crippen molar-refractivity contribution in [2.75, 3.05) is 26.0 Å². The minimum Gasteiger partial charge on any atom is -0.462 e. The third kappa shape index (κ3) is 6.99. The first-order valence-corrected chi connectivity index (χ1v) is 12.6. The van der Waals surface area contributed by atoms with E-state index in [0.717, 1.165) is 12.7 Å². The second-order valence-electron chi connectivity index (χ2n) is 8.59. The van der Waals surface area contributed by atoms with Gasteiger partial charge in [0.1, 0.15) is 18.3 Å². The summed E-state index contributed by atoms with van der Waals surface area (Å²) in [6.07, 6.45) is 1.48. The van der Waals surface area contributed by atoms with E-state index in [1.165, 1.54) is 0 Å². The number of hydrogen-bond acceptors (Lipinski definition) is 8. The SMILES string of the molecule is CC1(C)O[C@H]2[C@H](CN(C(=O)CCCCCOC(=O)c3ccccc3)C[C@H]2OS(C)(=O)=O)O1. The lowest BCUT2D eigenvalue weighted by atomic mass is 10.0. The lowest BCUT2D eigenvalue weighted by Gasteiger charge is -2.38. The molecule has 3 atom stereocenters. The maximum absolute atomic E-state index is 12.7. The van der Waals surface area contributed by atoms with E-state index in [0.29, 0.717) is 38.0 Å². The lowest BCUT2D eigenvalue weighted by molar-refractivity contribution is -0.150. The number of hydrogen-bond donors (Lipinski definition) is 0. The minimum absolute atomic E-state index is 0.0971. The van der Waals surface area contributed by atoms with Crippen LogP contribution in [-0.4, -0.2) is 75.2 Å². The molecule has 2 aliphatic rings. The Balaban J connectivity index is 1.43. The number of carbonyl (C=O) groups excluding carboxylic acids is 2. The Morgan fingerprint density at radius 1 is 1.09 bits per heavy atom. The number of unbranched alkanes of at least 4 members (excludes halogenated alkanes) is 2. The zero-order chi connectivity index (χ0) is 23.4. The molecule has 0 bridgehead atoms. The molecule has 2 heterocycles. The number of rotatable bonds is 9. The average molecular weight is 470 g/mol. The van der Waals surface area contributed by atoms with Crippen LogP contribution in [0, 0.1) is 0 Å². The number of nitrogens with zero attached hydrogens (tertiary/aromatic N) is 1. The zero-order valence-corrected chi connectivity index (χ0v) is 19.5. The molecule has 2 fully saturated rings. The molecular formula is C22H31NO8S. The highest BCUT2D eigenvalue weighted by Crippen LogP contribution is 2.35. The number of ether oxygens (including phenoxy) is 3. The fourth-order valence-electron chi connectivity index (χ4n) is 3.98. The van der Waals surface area contributed by atoms with Crippen LogP contribution in [0.3, 0.4) is 0 Å². The number of esters is 1. The van der Waals surface area contributed by atoms with E-state index in [2.05, 4.69) is 0 Å². The lowest BCUT2D eigenvalue weighted by Crippen LogP contribution is -2.56. The molecule has 0 saturated carbocycles. The Bertz CT molecular complexity index is 902. The molecule has 1 amide bonds. The molecule has 2 aliphatic heterocycles. The van der Waals surface area contributed by atoms with E-state index in [1.54, 1.807) is 43.0 Å². The zero-order valence-electron chi connectivity index (χ0n) is 18.7. The number of benzene rings is 1. The summed E-state index contributed by atoms with van der Waals surface area (Å²) < 4.78 is 45.5. The minimum atomic E-state index is -3.72. The first-order valence-electron chi connectivity index (χ1n) is 10.8. The molecule has 0 aromatic heterocycles. The van der Waals surface area contributed by atoms with Crippen molar-refractivity contribution in [2.24, 2.45) is 0 Å². The monoisotopic (exact) mass is 469 g/mol. The second-order valence-corrected chi connectivity index (χ2v) is 10.2. The highest BCUT2D eigenvalue weighted by molar-refractivity contribution is 7.86. The predicted octanol–water partition coefficient (Wildman–Crippen LogP) is 2.11. The Morgan fingerprint density at radius 3 is 2.50 bits per heavy atom. The van der Waals surface area contributed by atoms with Gasteiger partial charge in [-0.3, -0.25) is 8.98 Å². The topological polar surface area (TPSA) is 108 Å². The van der Waals surface area contributed by atoms with Crippen LogP contribution >= 0.6 is 0 Å². The van der Waals surface area contributed by atoms with Gasteiger partial charge in [0, 0.05) is 13.0 Å². The van der Waals surface area contributed by atoms with Crippen LogP contribution in [0.1, 0.15) is 49.9 Å². The predicted molar refractivity (Wildman–Crippen MR) is 115 cm³/mol. The van der Waals surface area contributed by atoms with E-state index >= 15 is 0 Å². The van der Waals surface area contributed by atoms with Crippen LogP contribution in [0.5, 0.6) is 0 Å². The highest BCUT2D eigenvalue weighted by Gasteiger charge is 2.51. The number of likely N-dealkylation sites (tertiary alicyclic amines) is 1. The smallest absolute Gasteiger partial charge is 0.338 e. The van der Waals surface area contributed by atoms with Gasteiger partial charge in [-0.2, -0.15) is 8.42 Å². The maximum atomic E-state index is 12.7. The van der Waals surface area contributed by atoms with Gasteiger partial charge in [0.05, 0.1) is 25.0 Å². The summed E-state index contributed by atoms with van der Waals surface area (Å²) in [7, 11) is -3.72. The number of carbonyl (C=O) groups is 2. The summed E-state index contributed by atoms with van der Waals surface area (Å²) in [6.45, 7) is 4.24. The molecular weight excluding hydrogens is 438 g/mol. The van der Waals surface area contributed by atoms with Gasteiger partial charge in [0.15, 0.2) is 5.79 Å². The van der Waals surface area contributed by atoms with Crippen molar-refractivity contribution >= 4 is 22.0 Å². The molecule has 1 aromatic rings. The summed E-state index contributed by atoms with van der Waals surface area (Å²) in [6, 6.07) is 8.79. The first-order chi connectivity index (χ1) is 15.0. The van der Waals surface area contributed by atoms with Gasteiger partial charge in [-0.15, -0.1) is 0 Å². The van der Waals surface area contributed by atoms with Gasteiger partial charge in [-0.25, -0.2) is 4.79 Å². The van der Waals surface area contributed by atoms with Crippen LogP contribution < -0.4 is 0 Å². The van der Waals surface area contributed by atoms with E-state index in [4.69, 9.17) is 18.4 Å². The van der Waals surface area contributed by atoms with Crippen LogP contribution in [0.25, 0.3) is 0 Å². The summed E-state index contributed by atoms with van der Waals surface area (Å²) in [4.78, 5) is 26.2. The maximum Gasteiger partial charge on any atom is 0.338 e. The molecule has 9 nitrogen and oxygen atoms in total. The Hall–Kier alpha value is -2.01. The van der Waals surface area contributed by atoms with Crippen molar-refractivity contribution in [2.45, 2.75) is 63.6 Å².